The number of aryl methyl sites for hydroxylation is 1. The quantitative estimate of drug-likeness (QED) is 0.555. The maximum atomic E-state index is 12.1. The summed E-state index contributed by atoms with van der Waals surface area (Å²) in [5, 5.41) is 11.0. The molecule has 0 saturated carbocycles. The number of hydrogen-bond acceptors (Lipinski definition) is 4. The van der Waals surface area contributed by atoms with Gasteiger partial charge in [-0.15, -0.1) is 5.10 Å². The molecule has 0 aliphatic heterocycles. The fourth-order valence-corrected chi connectivity index (χ4v) is 3.07. The number of nitrogens with zero attached hydrogens (tertiary/aromatic N) is 2. The summed E-state index contributed by atoms with van der Waals surface area (Å²) in [4.78, 5) is 16.5. The van der Waals surface area contributed by atoms with Crippen molar-refractivity contribution in [2.75, 3.05) is 11.1 Å². The molecule has 0 unspecified atom stereocenters. The molecule has 0 aliphatic carbocycles. The van der Waals surface area contributed by atoms with Gasteiger partial charge in [-0.1, -0.05) is 39.3 Å². The molecule has 2 N–H and O–H groups in total. The Kier molecular flexibility index (Phi) is 5.78. The lowest BCUT2D eigenvalue weighted by Crippen LogP contribution is -2.14. The number of aromatic amines is 1. The number of anilines is 1. The molecule has 0 saturated heterocycles. The van der Waals surface area contributed by atoms with Crippen molar-refractivity contribution >= 4 is 50.9 Å². The van der Waals surface area contributed by atoms with Gasteiger partial charge >= 0.3 is 0 Å². The number of thioether (sulfide) groups is 1. The molecule has 5 nitrogen and oxygen atoms in total. The standard InChI is InChI=1S/C17H14BrClN4OS/c1-10-8-13(6-7-14(10)18)20-15(24)9-25-17-21-16(22-23-17)11-2-4-12(19)5-3-11/h2-8H,9H2,1H3,(H,20,24)(H,21,22,23). The van der Waals surface area contributed by atoms with E-state index in [9.17, 15) is 4.79 Å². The molecule has 0 radical (unpaired) electrons. The Morgan fingerprint density at radius 2 is 2.04 bits per heavy atom. The van der Waals surface area contributed by atoms with Gasteiger partial charge in [0.1, 0.15) is 0 Å². The van der Waals surface area contributed by atoms with Crippen molar-refractivity contribution in [1.29, 1.82) is 0 Å². The molecule has 8 heteroatoms. The SMILES string of the molecule is Cc1cc(NC(=O)CSc2n[nH]c(-c3ccc(Cl)cc3)n2)ccc1Br. The fourth-order valence-electron chi connectivity index (χ4n) is 2.10. The van der Waals surface area contributed by atoms with E-state index in [0.29, 0.717) is 16.0 Å². The third-order valence-corrected chi connectivity index (χ3v) is 5.35. The van der Waals surface area contributed by atoms with Gasteiger partial charge < -0.3 is 5.32 Å². The van der Waals surface area contributed by atoms with Gasteiger partial charge in [-0.05, 0) is 55.0 Å². The highest BCUT2D eigenvalue weighted by Crippen LogP contribution is 2.22. The predicted molar refractivity (Wildman–Crippen MR) is 105 cm³/mol. The number of carbonyl (C=O) groups is 1. The van der Waals surface area contributed by atoms with Crippen molar-refractivity contribution in [2.45, 2.75) is 12.1 Å². The lowest BCUT2D eigenvalue weighted by atomic mass is 10.2. The van der Waals surface area contributed by atoms with Crippen LogP contribution in [-0.2, 0) is 4.79 Å². The summed E-state index contributed by atoms with van der Waals surface area (Å²) >= 11 is 10.6. The smallest absolute Gasteiger partial charge is 0.234 e. The Balaban J connectivity index is 1.57. The van der Waals surface area contributed by atoms with Crippen LogP contribution in [0.4, 0.5) is 5.69 Å². The van der Waals surface area contributed by atoms with E-state index < -0.39 is 0 Å². The first-order chi connectivity index (χ1) is 12.0. The molecule has 2 aromatic carbocycles. The molecule has 1 aromatic heterocycles. The molecule has 0 spiro atoms. The van der Waals surface area contributed by atoms with Crippen molar-refractivity contribution in [3.63, 3.8) is 0 Å². The second-order valence-corrected chi connectivity index (χ2v) is 7.51. The minimum atomic E-state index is -0.107. The Bertz CT molecular complexity index is 898. The van der Waals surface area contributed by atoms with Crippen molar-refractivity contribution in [3.05, 3.63) is 57.5 Å². The van der Waals surface area contributed by atoms with Crippen LogP contribution >= 0.6 is 39.3 Å². The van der Waals surface area contributed by atoms with Gasteiger partial charge in [-0.3, -0.25) is 9.89 Å². The number of amides is 1. The van der Waals surface area contributed by atoms with E-state index in [-0.39, 0.29) is 11.7 Å². The first kappa shape index (κ1) is 18.0. The van der Waals surface area contributed by atoms with Gasteiger partial charge in [0.15, 0.2) is 5.82 Å². The molecule has 1 amide bonds. The van der Waals surface area contributed by atoms with Crippen LogP contribution in [0.3, 0.4) is 0 Å². The first-order valence-electron chi connectivity index (χ1n) is 7.38. The first-order valence-corrected chi connectivity index (χ1v) is 9.54. The average Bonchev–Trinajstić information content (AvgIpc) is 3.06. The summed E-state index contributed by atoms with van der Waals surface area (Å²) in [6.07, 6.45) is 0. The summed E-state index contributed by atoms with van der Waals surface area (Å²) in [5.41, 5.74) is 2.72. The molecule has 0 atom stereocenters. The molecule has 3 aromatic rings. The van der Waals surface area contributed by atoms with Crippen LogP contribution < -0.4 is 5.32 Å². The average molecular weight is 438 g/mol. The number of benzene rings is 2. The zero-order valence-electron chi connectivity index (χ0n) is 13.2. The summed E-state index contributed by atoms with van der Waals surface area (Å²) in [6, 6.07) is 13.0. The number of aromatic nitrogens is 3. The number of halogens is 2. The van der Waals surface area contributed by atoms with Crippen LogP contribution in [0.5, 0.6) is 0 Å². The zero-order valence-corrected chi connectivity index (χ0v) is 16.4. The van der Waals surface area contributed by atoms with E-state index in [1.165, 1.54) is 11.8 Å². The lowest BCUT2D eigenvalue weighted by Gasteiger charge is -2.06. The minimum Gasteiger partial charge on any atom is -0.325 e. The van der Waals surface area contributed by atoms with E-state index in [1.807, 2.05) is 37.3 Å². The van der Waals surface area contributed by atoms with Crippen LogP contribution in [0.15, 0.2) is 52.1 Å². The fraction of sp³-hybridized carbons (Fsp3) is 0.118. The van der Waals surface area contributed by atoms with Gasteiger partial charge in [0, 0.05) is 20.7 Å². The van der Waals surface area contributed by atoms with Gasteiger partial charge in [0.05, 0.1) is 5.75 Å². The third-order valence-electron chi connectivity index (χ3n) is 3.36. The largest absolute Gasteiger partial charge is 0.325 e. The van der Waals surface area contributed by atoms with E-state index >= 15 is 0 Å². The van der Waals surface area contributed by atoms with Crippen LogP contribution in [0.25, 0.3) is 11.4 Å². The number of rotatable bonds is 5. The molecule has 3 rings (SSSR count). The molecule has 0 bridgehead atoms. The number of hydrogen-bond donors (Lipinski definition) is 2. The minimum absolute atomic E-state index is 0.107. The maximum absolute atomic E-state index is 12.1. The predicted octanol–water partition coefficient (Wildman–Crippen LogP) is 4.93. The van der Waals surface area contributed by atoms with Crippen LogP contribution in [-0.4, -0.2) is 26.8 Å². The number of nitrogens with one attached hydrogen (secondary N) is 2. The second-order valence-electron chi connectivity index (χ2n) is 5.27. The Labute approximate surface area is 162 Å². The van der Waals surface area contributed by atoms with Crippen molar-refractivity contribution < 1.29 is 4.79 Å². The van der Waals surface area contributed by atoms with Crippen LogP contribution in [0.2, 0.25) is 5.02 Å². The maximum Gasteiger partial charge on any atom is 0.234 e. The molecule has 0 aliphatic rings. The summed E-state index contributed by atoms with van der Waals surface area (Å²) in [6.45, 7) is 1.97. The topological polar surface area (TPSA) is 70.7 Å². The highest BCUT2D eigenvalue weighted by atomic mass is 79.9. The van der Waals surface area contributed by atoms with Crippen molar-refractivity contribution in [2.24, 2.45) is 0 Å². The monoisotopic (exact) mass is 436 g/mol. The lowest BCUT2D eigenvalue weighted by molar-refractivity contribution is -0.113. The zero-order chi connectivity index (χ0) is 17.8. The van der Waals surface area contributed by atoms with Gasteiger partial charge in [0.25, 0.3) is 0 Å². The molecule has 1 heterocycles. The van der Waals surface area contributed by atoms with Crippen LogP contribution in [0, 0.1) is 6.92 Å². The Morgan fingerprint density at radius 3 is 2.76 bits per heavy atom. The molecule has 25 heavy (non-hydrogen) atoms. The highest BCUT2D eigenvalue weighted by molar-refractivity contribution is 9.10. The summed E-state index contributed by atoms with van der Waals surface area (Å²) < 4.78 is 1.01. The summed E-state index contributed by atoms with van der Waals surface area (Å²) in [5.74, 6) is 0.764. The third kappa shape index (κ3) is 4.84. The normalized spacial score (nSPS) is 10.7. The Hall–Kier alpha value is -1.83. The van der Waals surface area contributed by atoms with Gasteiger partial charge in [-0.25, -0.2) is 4.98 Å². The van der Waals surface area contributed by atoms with E-state index in [0.717, 1.165) is 21.3 Å². The highest BCUT2D eigenvalue weighted by Gasteiger charge is 2.10. The van der Waals surface area contributed by atoms with E-state index in [2.05, 4.69) is 36.4 Å². The second kappa shape index (κ2) is 8.03. The van der Waals surface area contributed by atoms with Gasteiger partial charge in [0.2, 0.25) is 11.1 Å². The number of H-pyrrole nitrogens is 1. The Morgan fingerprint density at radius 1 is 1.28 bits per heavy atom. The molecular weight excluding hydrogens is 424 g/mol. The molecule has 0 fully saturated rings. The van der Waals surface area contributed by atoms with E-state index in [4.69, 9.17) is 11.6 Å². The van der Waals surface area contributed by atoms with E-state index in [1.54, 1.807) is 12.1 Å². The summed E-state index contributed by atoms with van der Waals surface area (Å²) in [7, 11) is 0. The number of carbonyl (C=O) groups excluding carboxylic acids is 1. The molecular formula is C17H14BrClN4OS. The van der Waals surface area contributed by atoms with Crippen LogP contribution in [0.1, 0.15) is 5.56 Å². The van der Waals surface area contributed by atoms with Gasteiger partial charge in [-0.2, -0.15) is 0 Å². The van der Waals surface area contributed by atoms with Crippen molar-refractivity contribution in [3.8, 4) is 11.4 Å². The molecule has 128 valence electrons. The van der Waals surface area contributed by atoms with Crippen molar-refractivity contribution in [1.82, 2.24) is 15.2 Å².